The second kappa shape index (κ2) is 13.6. The van der Waals surface area contributed by atoms with Gasteiger partial charge in [-0.3, -0.25) is 19.1 Å². The molecule has 3 aromatic rings. The molecule has 2 aromatic carbocycles. The molecule has 2 atom stereocenters. The van der Waals surface area contributed by atoms with Crippen LogP contribution in [0.1, 0.15) is 68.7 Å². The van der Waals surface area contributed by atoms with E-state index in [1.807, 2.05) is 66.4 Å². The van der Waals surface area contributed by atoms with Gasteiger partial charge in [-0.2, -0.15) is 0 Å². The van der Waals surface area contributed by atoms with Crippen LogP contribution in [0.5, 0.6) is 0 Å². The first kappa shape index (κ1) is 31.6. The molecule has 3 aliphatic heterocycles. The number of carbonyl (C=O) groups excluding carboxylic acids is 3. The summed E-state index contributed by atoms with van der Waals surface area (Å²) in [7, 11) is 0. The lowest BCUT2D eigenvalue weighted by molar-refractivity contribution is -0.139. The van der Waals surface area contributed by atoms with Gasteiger partial charge in [-0.05, 0) is 68.0 Å². The lowest BCUT2D eigenvalue weighted by Crippen LogP contribution is -2.44. The molecule has 0 bridgehead atoms. The summed E-state index contributed by atoms with van der Waals surface area (Å²) in [6.45, 7) is 3.92. The van der Waals surface area contributed by atoms with E-state index in [1.165, 1.54) is 0 Å². The molecule has 0 spiro atoms. The standard InChI is InChI=1S/C35H42N6O5/c1-25(9-2-5-17-38-24-27(16-20-42)36-37-38)35(46)30-22-29(40-19-7-4-13-33(40)44)14-15-31(30)41(34(35)45)23-26-10-8-11-28(21-26)39-18-6-3-12-32(39)43/h2,8-11,14-15,21-22,24-25,42,46H,3-7,12-13,16-20,23H2,1H3/b9-2+/t25-,35+/m1/s1. The normalized spacial score (nSPS) is 21.0. The predicted octanol–water partition coefficient (Wildman–Crippen LogP) is 3.86. The Labute approximate surface area is 269 Å². The molecule has 4 heterocycles. The number of hydrogen-bond acceptors (Lipinski definition) is 7. The number of fused-ring (bicyclic) bond motifs is 1. The van der Waals surface area contributed by atoms with Crippen molar-refractivity contribution in [3.63, 3.8) is 0 Å². The van der Waals surface area contributed by atoms with E-state index in [1.54, 1.807) is 20.7 Å². The van der Waals surface area contributed by atoms with Crippen LogP contribution in [0.4, 0.5) is 17.1 Å². The Kier molecular flexibility index (Phi) is 9.32. The number of benzene rings is 2. The number of aliphatic hydroxyl groups excluding tert-OH is 1. The number of carbonyl (C=O) groups is 3. The monoisotopic (exact) mass is 626 g/mol. The molecular formula is C35H42N6O5. The third-order valence-electron chi connectivity index (χ3n) is 9.34. The van der Waals surface area contributed by atoms with Gasteiger partial charge in [0.2, 0.25) is 11.8 Å². The van der Waals surface area contributed by atoms with Crippen LogP contribution < -0.4 is 14.7 Å². The topological polar surface area (TPSA) is 132 Å². The molecule has 0 unspecified atom stereocenters. The van der Waals surface area contributed by atoms with Crippen LogP contribution in [-0.2, 0) is 39.5 Å². The van der Waals surface area contributed by atoms with Gasteiger partial charge in [-0.1, -0.05) is 36.4 Å². The summed E-state index contributed by atoms with van der Waals surface area (Å²) in [5, 5.41) is 29.6. The van der Waals surface area contributed by atoms with Gasteiger partial charge in [0.05, 0.1) is 17.9 Å². The van der Waals surface area contributed by atoms with Crippen molar-refractivity contribution in [2.75, 3.05) is 34.4 Å². The van der Waals surface area contributed by atoms with E-state index in [9.17, 15) is 19.5 Å². The zero-order chi connectivity index (χ0) is 32.3. The highest BCUT2D eigenvalue weighted by Gasteiger charge is 2.52. The van der Waals surface area contributed by atoms with E-state index < -0.39 is 17.4 Å². The Balaban J connectivity index is 1.27. The number of aromatic nitrogens is 3. The minimum Gasteiger partial charge on any atom is -0.396 e. The minimum absolute atomic E-state index is 0.0123. The average molecular weight is 627 g/mol. The van der Waals surface area contributed by atoms with Crippen molar-refractivity contribution in [3.05, 3.63) is 77.6 Å². The first-order valence-electron chi connectivity index (χ1n) is 16.3. The number of aliphatic hydroxyl groups is 2. The molecule has 2 fully saturated rings. The number of aryl methyl sites for hydroxylation is 1. The van der Waals surface area contributed by atoms with Crippen LogP contribution in [0.2, 0.25) is 0 Å². The lowest BCUT2D eigenvalue weighted by Gasteiger charge is -2.30. The predicted molar refractivity (Wildman–Crippen MR) is 174 cm³/mol. The van der Waals surface area contributed by atoms with Crippen molar-refractivity contribution in [2.24, 2.45) is 5.92 Å². The van der Waals surface area contributed by atoms with Gasteiger partial charge < -0.3 is 24.9 Å². The molecule has 0 radical (unpaired) electrons. The fourth-order valence-corrected chi connectivity index (χ4v) is 6.75. The Morgan fingerprint density at radius 2 is 1.67 bits per heavy atom. The molecule has 2 saturated heterocycles. The highest BCUT2D eigenvalue weighted by molar-refractivity contribution is 6.08. The number of hydrogen-bond donors (Lipinski definition) is 2. The third kappa shape index (κ3) is 6.21. The summed E-state index contributed by atoms with van der Waals surface area (Å²) in [4.78, 5) is 44.9. The minimum atomic E-state index is -1.84. The molecule has 46 heavy (non-hydrogen) atoms. The van der Waals surface area contributed by atoms with E-state index in [0.29, 0.717) is 62.3 Å². The van der Waals surface area contributed by atoms with Gasteiger partial charge in [0.15, 0.2) is 5.60 Å². The van der Waals surface area contributed by atoms with Crippen molar-refractivity contribution >= 4 is 34.8 Å². The van der Waals surface area contributed by atoms with Gasteiger partial charge in [0, 0.05) is 74.6 Å². The molecule has 0 saturated carbocycles. The molecule has 3 amide bonds. The summed E-state index contributed by atoms with van der Waals surface area (Å²) in [5.41, 5.74) is 2.32. The van der Waals surface area contributed by atoms with Gasteiger partial charge >= 0.3 is 0 Å². The largest absolute Gasteiger partial charge is 0.396 e. The maximum absolute atomic E-state index is 14.3. The van der Waals surface area contributed by atoms with Crippen molar-refractivity contribution in [1.29, 1.82) is 0 Å². The van der Waals surface area contributed by atoms with Crippen molar-refractivity contribution < 1.29 is 24.6 Å². The van der Waals surface area contributed by atoms with Crippen LogP contribution >= 0.6 is 0 Å². The maximum atomic E-state index is 14.3. The molecule has 1 aromatic heterocycles. The van der Waals surface area contributed by atoms with Crippen LogP contribution in [0.3, 0.4) is 0 Å². The van der Waals surface area contributed by atoms with E-state index in [2.05, 4.69) is 10.3 Å². The van der Waals surface area contributed by atoms with Crippen LogP contribution in [0, 0.1) is 5.92 Å². The number of nitrogens with zero attached hydrogens (tertiary/aromatic N) is 6. The second-order valence-corrected chi connectivity index (χ2v) is 12.5. The molecule has 11 heteroatoms. The summed E-state index contributed by atoms with van der Waals surface area (Å²) in [5.74, 6) is -0.849. The Hall–Kier alpha value is -4.35. The highest BCUT2D eigenvalue weighted by Crippen LogP contribution is 2.47. The lowest BCUT2D eigenvalue weighted by atomic mass is 9.82. The highest BCUT2D eigenvalue weighted by atomic mass is 16.3. The van der Waals surface area contributed by atoms with Gasteiger partial charge in [-0.15, -0.1) is 5.10 Å². The Morgan fingerprint density at radius 3 is 2.37 bits per heavy atom. The van der Waals surface area contributed by atoms with E-state index in [-0.39, 0.29) is 25.0 Å². The molecule has 0 aliphatic carbocycles. The van der Waals surface area contributed by atoms with Gasteiger partial charge in [0.25, 0.3) is 5.91 Å². The third-order valence-corrected chi connectivity index (χ3v) is 9.34. The molecular weight excluding hydrogens is 584 g/mol. The van der Waals surface area contributed by atoms with E-state index in [0.717, 1.165) is 42.6 Å². The van der Waals surface area contributed by atoms with E-state index in [4.69, 9.17) is 5.11 Å². The summed E-state index contributed by atoms with van der Waals surface area (Å²) >= 11 is 0. The molecule has 2 N–H and O–H groups in total. The maximum Gasteiger partial charge on any atom is 0.264 e. The quantitative estimate of drug-likeness (QED) is 0.309. The fraction of sp³-hybridized carbons (Fsp3) is 0.457. The fourth-order valence-electron chi connectivity index (χ4n) is 6.75. The van der Waals surface area contributed by atoms with Crippen LogP contribution in [0.15, 0.2) is 60.8 Å². The van der Waals surface area contributed by atoms with Crippen molar-refractivity contribution in [2.45, 2.75) is 77.0 Å². The first-order chi connectivity index (χ1) is 22.3. The van der Waals surface area contributed by atoms with Crippen molar-refractivity contribution in [1.82, 2.24) is 15.0 Å². The number of rotatable bonds is 11. The van der Waals surface area contributed by atoms with Crippen LogP contribution in [-0.4, -0.2) is 62.6 Å². The zero-order valence-corrected chi connectivity index (χ0v) is 26.3. The SMILES string of the molecule is C[C@H](/C=C/CCn1cc(CCO)nn1)[C@@]1(O)C(=O)N(Cc2cccc(N3CCCCC3=O)c2)c2ccc(N3CCCCC3=O)cc21. The van der Waals surface area contributed by atoms with E-state index >= 15 is 0 Å². The number of allylic oxidation sites excluding steroid dienone is 1. The zero-order valence-electron chi connectivity index (χ0n) is 26.3. The van der Waals surface area contributed by atoms with Crippen molar-refractivity contribution in [3.8, 4) is 0 Å². The number of piperidine rings is 2. The summed E-state index contributed by atoms with van der Waals surface area (Å²) in [6, 6.07) is 13.2. The first-order valence-corrected chi connectivity index (χ1v) is 16.3. The van der Waals surface area contributed by atoms with Crippen LogP contribution in [0.25, 0.3) is 0 Å². The Morgan fingerprint density at radius 1 is 0.957 bits per heavy atom. The molecule has 3 aliphatic rings. The summed E-state index contributed by atoms with van der Waals surface area (Å²) in [6.07, 6.45) is 11.3. The van der Waals surface area contributed by atoms with Gasteiger partial charge in [-0.25, -0.2) is 0 Å². The summed E-state index contributed by atoms with van der Waals surface area (Å²) < 4.78 is 1.71. The smallest absolute Gasteiger partial charge is 0.264 e. The molecule has 242 valence electrons. The van der Waals surface area contributed by atoms with Gasteiger partial charge in [0.1, 0.15) is 0 Å². The number of amides is 3. The molecule has 6 rings (SSSR count). The second-order valence-electron chi connectivity index (χ2n) is 12.5. The molecule has 11 nitrogen and oxygen atoms in total. The number of anilines is 3. The average Bonchev–Trinajstić information content (AvgIpc) is 3.60. The Bertz CT molecular complexity index is 1630.